The summed E-state index contributed by atoms with van der Waals surface area (Å²) in [7, 11) is 0. The zero-order valence-corrected chi connectivity index (χ0v) is 10.9. The minimum atomic E-state index is -1.69. The Morgan fingerprint density at radius 3 is 2.90 bits per heavy atom. The summed E-state index contributed by atoms with van der Waals surface area (Å²) >= 11 is 0. The number of halogens is 1. The summed E-state index contributed by atoms with van der Waals surface area (Å²) in [5.41, 5.74) is 5.40. The Morgan fingerprint density at radius 1 is 1.57 bits per heavy atom. The lowest BCUT2D eigenvalue weighted by Crippen LogP contribution is -2.27. The second kappa shape index (κ2) is 4.64. The van der Waals surface area contributed by atoms with E-state index in [1.807, 2.05) is 0 Å². The van der Waals surface area contributed by atoms with Crippen LogP contribution in [-0.2, 0) is 0 Å². The first-order chi connectivity index (χ1) is 9.95. The molecule has 3 rings (SSSR count). The molecule has 0 saturated heterocycles. The number of nitrogen functional groups attached to an aromatic ring is 1. The molecule has 0 radical (unpaired) electrons. The first-order valence-electron chi connectivity index (χ1n) is 6.29. The fourth-order valence-electron chi connectivity index (χ4n) is 2.76. The van der Waals surface area contributed by atoms with E-state index in [4.69, 9.17) is 5.73 Å². The van der Waals surface area contributed by atoms with Gasteiger partial charge < -0.3 is 20.5 Å². The van der Waals surface area contributed by atoms with E-state index < -0.39 is 36.4 Å². The van der Waals surface area contributed by atoms with E-state index in [0.717, 1.165) is 0 Å². The lowest BCUT2D eigenvalue weighted by atomic mass is 10.0. The maximum absolute atomic E-state index is 14.3. The van der Waals surface area contributed by atoms with Crippen LogP contribution in [0.25, 0.3) is 11.2 Å². The monoisotopic (exact) mass is 295 g/mol. The molecule has 5 N–H and O–H groups in total. The van der Waals surface area contributed by atoms with Gasteiger partial charge in [-0.05, 0) is 5.57 Å². The molecule has 8 nitrogen and oxygen atoms in total. The molecule has 21 heavy (non-hydrogen) atoms. The quantitative estimate of drug-likeness (QED) is 0.532. The molecule has 2 aromatic heterocycles. The van der Waals surface area contributed by atoms with E-state index in [1.165, 1.54) is 10.9 Å². The number of nitrogens with one attached hydrogen (secondary N) is 1. The smallest absolute Gasteiger partial charge is 0.280 e. The van der Waals surface area contributed by atoms with Crippen LogP contribution in [-0.4, -0.2) is 48.6 Å². The maximum Gasteiger partial charge on any atom is 0.280 e. The fraction of sp³-hybridized carbons (Fsp3) is 0.417. The number of fused-ring (bicyclic) bond motifs is 1. The van der Waals surface area contributed by atoms with Gasteiger partial charge in [-0.1, -0.05) is 6.58 Å². The standard InChI is InChI=1S/C12H14FN5O3/c1-4-5(2-19)9(20)6(13)8(4)18-3-15-7-10(18)16-12(14)17-11(7)21/h3,5-6,8-9,19-20H,1-2H2,(H3,14,16,17,21)/t5-,6+,8-,9-/m0/s1. The molecule has 112 valence electrons. The summed E-state index contributed by atoms with van der Waals surface area (Å²) < 4.78 is 15.7. The van der Waals surface area contributed by atoms with Crippen molar-refractivity contribution in [1.82, 2.24) is 19.5 Å². The van der Waals surface area contributed by atoms with Crippen LogP contribution < -0.4 is 11.3 Å². The van der Waals surface area contributed by atoms with Crippen LogP contribution in [0.2, 0.25) is 0 Å². The van der Waals surface area contributed by atoms with Crippen molar-refractivity contribution in [3.05, 3.63) is 28.8 Å². The Kier molecular flexibility index (Phi) is 3.03. The lowest BCUT2D eigenvalue weighted by Gasteiger charge is -2.17. The number of H-pyrrole nitrogens is 1. The van der Waals surface area contributed by atoms with Gasteiger partial charge in [0.15, 0.2) is 17.3 Å². The van der Waals surface area contributed by atoms with Gasteiger partial charge >= 0.3 is 0 Å². The SMILES string of the molecule is C=C1[C@H](CO)[C@H](O)[C@H](F)[C@H]1n1cnc2c(=O)[nH]c(N)nc21. The highest BCUT2D eigenvalue weighted by molar-refractivity contribution is 5.71. The van der Waals surface area contributed by atoms with Crippen molar-refractivity contribution in [2.45, 2.75) is 18.3 Å². The summed E-state index contributed by atoms with van der Waals surface area (Å²) in [6, 6.07) is -0.962. The Bertz CT molecular complexity index is 770. The van der Waals surface area contributed by atoms with E-state index >= 15 is 0 Å². The summed E-state index contributed by atoms with van der Waals surface area (Å²) in [5, 5.41) is 19.1. The largest absolute Gasteiger partial charge is 0.396 e. The van der Waals surface area contributed by atoms with Gasteiger partial charge in [-0.25, -0.2) is 9.37 Å². The van der Waals surface area contributed by atoms with Gasteiger partial charge in [-0.2, -0.15) is 4.98 Å². The highest BCUT2D eigenvalue weighted by atomic mass is 19.1. The first kappa shape index (κ1) is 13.7. The molecule has 9 heteroatoms. The molecule has 0 amide bonds. The van der Waals surface area contributed by atoms with Crippen LogP contribution in [0.5, 0.6) is 0 Å². The van der Waals surface area contributed by atoms with E-state index in [0.29, 0.717) is 5.57 Å². The average molecular weight is 295 g/mol. The molecule has 0 spiro atoms. The van der Waals surface area contributed by atoms with Crippen molar-refractivity contribution in [2.24, 2.45) is 5.92 Å². The van der Waals surface area contributed by atoms with Crippen molar-refractivity contribution in [3.63, 3.8) is 0 Å². The molecule has 1 aliphatic carbocycles. The van der Waals surface area contributed by atoms with Gasteiger partial charge in [0, 0.05) is 5.92 Å². The maximum atomic E-state index is 14.3. The summed E-state index contributed by atoms with van der Waals surface area (Å²) in [5.74, 6) is -0.894. The number of aromatic nitrogens is 4. The van der Waals surface area contributed by atoms with Crippen LogP contribution in [0.1, 0.15) is 6.04 Å². The van der Waals surface area contributed by atoms with Gasteiger partial charge in [0.05, 0.1) is 25.1 Å². The van der Waals surface area contributed by atoms with E-state index in [1.54, 1.807) is 0 Å². The van der Waals surface area contributed by atoms with Crippen molar-refractivity contribution in [1.29, 1.82) is 0 Å². The number of hydrogen-bond acceptors (Lipinski definition) is 6. The van der Waals surface area contributed by atoms with Crippen LogP contribution >= 0.6 is 0 Å². The van der Waals surface area contributed by atoms with Gasteiger partial charge in [-0.3, -0.25) is 9.78 Å². The Morgan fingerprint density at radius 2 is 2.29 bits per heavy atom. The van der Waals surface area contributed by atoms with Gasteiger partial charge in [-0.15, -0.1) is 0 Å². The average Bonchev–Trinajstić information content (AvgIpc) is 2.91. The van der Waals surface area contributed by atoms with Crippen molar-refractivity contribution < 1.29 is 14.6 Å². The second-order valence-electron chi connectivity index (χ2n) is 5.02. The first-order valence-corrected chi connectivity index (χ1v) is 6.29. The van der Waals surface area contributed by atoms with Crippen LogP contribution in [0.15, 0.2) is 23.3 Å². The van der Waals surface area contributed by atoms with Crippen LogP contribution in [0, 0.1) is 5.92 Å². The van der Waals surface area contributed by atoms with E-state index in [2.05, 4.69) is 21.5 Å². The minimum absolute atomic E-state index is 0.0196. The third-order valence-corrected chi connectivity index (χ3v) is 3.84. The molecule has 1 fully saturated rings. The Hall–Kier alpha value is -2.26. The minimum Gasteiger partial charge on any atom is -0.396 e. The van der Waals surface area contributed by atoms with Crippen LogP contribution in [0.4, 0.5) is 10.3 Å². The topological polar surface area (TPSA) is 130 Å². The number of nitrogens with zero attached hydrogens (tertiary/aromatic N) is 3. The lowest BCUT2D eigenvalue weighted by molar-refractivity contribution is 0.0426. The summed E-state index contributed by atoms with van der Waals surface area (Å²) in [6.07, 6.45) is -1.81. The van der Waals surface area contributed by atoms with E-state index in [-0.39, 0.29) is 17.1 Å². The van der Waals surface area contributed by atoms with Crippen LogP contribution in [0.3, 0.4) is 0 Å². The summed E-state index contributed by atoms with van der Waals surface area (Å²) in [4.78, 5) is 21.9. The third-order valence-electron chi connectivity index (χ3n) is 3.84. The van der Waals surface area contributed by atoms with Crippen molar-refractivity contribution >= 4 is 17.1 Å². The zero-order valence-electron chi connectivity index (χ0n) is 10.9. The van der Waals surface area contributed by atoms with Crippen molar-refractivity contribution in [3.8, 4) is 0 Å². The molecular formula is C12H14FN5O3. The van der Waals surface area contributed by atoms with Gasteiger partial charge in [0.2, 0.25) is 5.95 Å². The number of alkyl halides is 1. The Balaban J connectivity index is 2.17. The van der Waals surface area contributed by atoms with Gasteiger partial charge in [0.25, 0.3) is 5.56 Å². The Labute approximate surface area is 117 Å². The highest BCUT2D eigenvalue weighted by Gasteiger charge is 2.47. The highest BCUT2D eigenvalue weighted by Crippen LogP contribution is 2.41. The molecule has 0 bridgehead atoms. The molecule has 0 unspecified atom stereocenters. The van der Waals surface area contributed by atoms with Crippen molar-refractivity contribution in [2.75, 3.05) is 12.3 Å². The molecule has 1 aliphatic rings. The molecule has 2 aromatic rings. The summed E-state index contributed by atoms with van der Waals surface area (Å²) in [6.45, 7) is 3.33. The number of rotatable bonds is 2. The number of aromatic amines is 1. The number of aliphatic hydroxyl groups excluding tert-OH is 2. The molecule has 0 aromatic carbocycles. The normalized spacial score (nSPS) is 29.4. The molecule has 4 atom stereocenters. The number of hydrogen-bond donors (Lipinski definition) is 4. The van der Waals surface area contributed by atoms with E-state index in [9.17, 15) is 19.4 Å². The zero-order chi connectivity index (χ0) is 15.3. The third kappa shape index (κ3) is 1.85. The fourth-order valence-corrected chi connectivity index (χ4v) is 2.76. The number of anilines is 1. The molecule has 2 heterocycles. The molecule has 1 saturated carbocycles. The second-order valence-corrected chi connectivity index (χ2v) is 5.02. The molecular weight excluding hydrogens is 281 g/mol. The predicted octanol–water partition coefficient (Wildman–Crippen LogP) is -0.880. The number of nitrogens with two attached hydrogens (primary N) is 1. The number of imidazole rings is 1. The van der Waals surface area contributed by atoms with Gasteiger partial charge in [0.1, 0.15) is 0 Å². The number of aliphatic hydroxyl groups is 2. The molecule has 0 aliphatic heterocycles. The predicted molar refractivity (Wildman–Crippen MR) is 72.2 cm³/mol.